The molecule has 0 fully saturated rings. The summed E-state index contributed by atoms with van der Waals surface area (Å²) >= 11 is 0. The van der Waals surface area contributed by atoms with E-state index in [1.807, 2.05) is 37.5 Å². The fourth-order valence-corrected chi connectivity index (χ4v) is 5.59. The molecule has 0 spiro atoms. The number of hydrogen-bond donors (Lipinski definition) is 1. The summed E-state index contributed by atoms with van der Waals surface area (Å²) in [5, 5.41) is 4.74. The van der Waals surface area contributed by atoms with Crippen molar-refractivity contribution >= 4 is 33.5 Å². The van der Waals surface area contributed by atoms with E-state index in [0.29, 0.717) is 43.0 Å². The van der Waals surface area contributed by atoms with E-state index < -0.39 is 21.4 Å². The van der Waals surface area contributed by atoms with E-state index in [4.69, 9.17) is 4.74 Å². The van der Waals surface area contributed by atoms with Gasteiger partial charge in [-0.05, 0) is 80.0 Å². The maximum absolute atomic E-state index is 14.6. The van der Waals surface area contributed by atoms with E-state index in [9.17, 15) is 22.4 Å². The van der Waals surface area contributed by atoms with Gasteiger partial charge in [0, 0.05) is 54.9 Å². The van der Waals surface area contributed by atoms with Crippen molar-refractivity contribution in [1.29, 1.82) is 0 Å². The number of halogens is 1. The fourth-order valence-electron chi connectivity index (χ4n) is 4.96. The second-order valence-electron chi connectivity index (χ2n) is 10.0. The lowest BCUT2D eigenvalue weighted by molar-refractivity contribution is 0.0935. The molecule has 7 nitrogen and oxygen atoms in total. The molecule has 1 unspecified atom stereocenters. The number of amides is 1. The van der Waals surface area contributed by atoms with Crippen LogP contribution in [0.15, 0.2) is 53.1 Å². The van der Waals surface area contributed by atoms with Crippen molar-refractivity contribution in [3.63, 3.8) is 0 Å². The monoisotopic (exact) mass is 552 g/mol. The molecule has 2 aromatic carbocycles. The van der Waals surface area contributed by atoms with Crippen molar-refractivity contribution in [1.82, 2.24) is 10.2 Å². The molecule has 1 aliphatic carbocycles. The SMILES string of the molecule is COCCNC(=O)c1ccc2c(c1C)=CN(CC1CCC=C(C(=O)c3ccc(S(C)(=O)=O)cc3F)CC1)C=C=2. The third-order valence-electron chi connectivity index (χ3n) is 7.19. The Hall–Kier alpha value is -3.52. The first-order chi connectivity index (χ1) is 18.6. The van der Waals surface area contributed by atoms with Crippen LogP contribution in [0.1, 0.15) is 52.0 Å². The van der Waals surface area contributed by atoms with E-state index in [0.717, 1.165) is 47.7 Å². The second kappa shape index (κ2) is 12.1. The Balaban J connectivity index is 1.43. The lowest BCUT2D eigenvalue weighted by atomic mass is 9.95. The maximum atomic E-state index is 14.6. The number of fused-ring (bicyclic) bond motifs is 1. The number of benzene rings is 2. The van der Waals surface area contributed by atoms with Gasteiger partial charge >= 0.3 is 0 Å². The molecule has 2 aliphatic rings. The average Bonchev–Trinajstić information content (AvgIpc) is 3.14. The zero-order chi connectivity index (χ0) is 28.2. The summed E-state index contributed by atoms with van der Waals surface area (Å²) in [5.74, 6) is -1.07. The number of ether oxygens (including phenoxy) is 1. The van der Waals surface area contributed by atoms with Gasteiger partial charge in [0.05, 0.1) is 17.1 Å². The minimum atomic E-state index is -3.56. The fraction of sp³-hybridized carbons (Fsp3) is 0.367. The predicted molar refractivity (Wildman–Crippen MR) is 148 cm³/mol. The van der Waals surface area contributed by atoms with Crippen molar-refractivity contribution in [2.24, 2.45) is 5.92 Å². The normalized spacial score (nSPS) is 16.9. The molecular weight excluding hydrogens is 519 g/mol. The van der Waals surface area contributed by atoms with Gasteiger partial charge in [-0.3, -0.25) is 9.59 Å². The first kappa shape index (κ1) is 28.5. The number of sulfone groups is 1. The van der Waals surface area contributed by atoms with Crippen LogP contribution in [0.2, 0.25) is 0 Å². The van der Waals surface area contributed by atoms with Gasteiger partial charge < -0.3 is 15.0 Å². The summed E-state index contributed by atoms with van der Waals surface area (Å²) < 4.78 is 43.0. The number of ketones is 1. The van der Waals surface area contributed by atoms with Gasteiger partial charge in [-0.1, -0.05) is 11.8 Å². The Morgan fingerprint density at radius 1 is 1.18 bits per heavy atom. The molecule has 1 heterocycles. The number of methoxy groups -OCH3 is 1. The van der Waals surface area contributed by atoms with Crippen molar-refractivity contribution in [3.8, 4) is 0 Å². The topological polar surface area (TPSA) is 92.8 Å². The van der Waals surface area contributed by atoms with Gasteiger partial charge in [0.15, 0.2) is 15.6 Å². The molecule has 39 heavy (non-hydrogen) atoms. The maximum Gasteiger partial charge on any atom is 0.251 e. The first-order valence-electron chi connectivity index (χ1n) is 12.9. The lowest BCUT2D eigenvalue weighted by Gasteiger charge is -2.23. The molecule has 0 radical (unpaired) electrons. The summed E-state index contributed by atoms with van der Waals surface area (Å²) in [6.45, 7) is 3.54. The number of nitrogens with one attached hydrogen (secondary N) is 1. The standard InChI is InChI=1S/C30H33FN2O5S/c1-20-25(30(35)32-14-16-38-2)11-9-22-13-15-33(19-27(20)22)18-21-5-4-6-23(8-7-21)29(34)26-12-10-24(17-28(26)31)39(3,36)37/h6,9-12,15,17,19,21H,4-5,7-8,14,16,18H2,1-3H3,(H,32,35). The minimum absolute atomic E-state index is 0.108. The summed E-state index contributed by atoms with van der Waals surface area (Å²) in [5.41, 5.74) is 5.26. The average molecular weight is 553 g/mol. The molecule has 2 aromatic rings. The van der Waals surface area contributed by atoms with E-state index in [1.165, 1.54) is 12.1 Å². The zero-order valence-corrected chi connectivity index (χ0v) is 23.2. The molecule has 0 bridgehead atoms. The first-order valence-corrected chi connectivity index (χ1v) is 14.8. The lowest BCUT2D eigenvalue weighted by Crippen LogP contribution is -2.37. The number of carbonyl (C=O) groups excluding carboxylic acids is 2. The molecule has 1 amide bonds. The molecule has 206 valence electrons. The van der Waals surface area contributed by atoms with Gasteiger partial charge in [0.1, 0.15) is 5.82 Å². The predicted octanol–water partition coefficient (Wildman–Crippen LogP) is 2.86. The number of nitrogens with zero attached hydrogens (tertiary/aromatic N) is 1. The highest BCUT2D eigenvalue weighted by molar-refractivity contribution is 7.90. The Morgan fingerprint density at radius 3 is 2.67 bits per heavy atom. The number of carbonyl (C=O) groups is 2. The largest absolute Gasteiger partial charge is 0.383 e. The summed E-state index contributed by atoms with van der Waals surface area (Å²) in [6.07, 6.45) is 9.66. The number of rotatable bonds is 9. The Labute approximate surface area is 228 Å². The van der Waals surface area contributed by atoms with Gasteiger partial charge in [-0.15, -0.1) is 0 Å². The van der Waals surface area contributed by atoms with Crippen molar-refractivity contribution in [3.05, 3.63) is 81.1 Å². The number of allylic oxidation sites excluding steroid dienone is 2. The minimum Gasteiger partial charge on any atom is -0.383 e. The van der Waals surface area contributed by atoms with Gasteiger partial charge in [-0.25, -0.2) is 12.8 Å². The molecule has 1 aliphatic heterocycles. The van der Waals surface area contributed by atoms with Crippen LogP contribution in [-0.4, -0.2) is 58.1 Å². The van der Waals surface area contributed by atoms with Crippen LogP contribution in [0.3, 0.4) is 0 Å². The highest BCUT2D eigenvalue weighted by Crippen LogP contribution is 2.27. The Morgan fingerprint density at radius 2 is 1.95 bits per heavy atom. The van der Waals surface area contributed by atoms with Crippen LogP contribution in [0.25, 0.3) is 11.9 Å². The Bertz CT molecular complexity index is 1590. The molecule has 4 rings (SSSR count). The summed E-state index contributed by atoms with van der Waals surface area (Å²) in [6, 6.07) is 7.15. The second-order valence-corrected chi connectivity index (χ2v) is 12.0. The van der Waals surface area contributed by atoms with E-state index in [1.54, 1.807) is 7.11 Å². The van der Waals surface area contributed by atoms with Crippen LogP contribution in [0.4, 0.5) is 4.39 Å². The smallest absolute Gasteiger partial charge is 0.251 e. The molecule has 0 saturated heterocycles. The number of hydrogen-bond acceptors (Lipinski definition) is 6. The van der Waals surface area contributed by atoms with Crippen LogP contribution < -0.4 is 15.8 Å². The third kappa shape index (κ3) is 6.74. The van der Waals surface area contributed by atoms with Gasteiger partial charge in [0.25, 0.3) is 5.91 Å². The summed E-state index contributed by atoms with van der Waals surface area (Å²) in [4.78, 5) is 27.6. The van der Waals surface area contributed by atoms with Crippen molar-refractivity contribution in [2.75, 3.05) is 33.1 Å². The zero-order valence-electron chi connectivity index (χ0n) is 22.4. The molecule has 1 atom stereocenters. The summed E-state index contributed by atoms with van der Waals surface area (Å²) in [7, 11) is -1.97. The highest BCUT2D eigenvalue weighted by Gasteiger charge is 2.23. The van der Waals surface area contributed by atoms with Crippen LogP contribution in [0.5, 0.6) is 0 Å². The van der Waals surface area contributed by atoms with Crippen LogP contribution in [-0.2, 0) is 14.6 Å². The Kier molecular flexibility index (Phi) is 8.85. The molecule has 0 saturated carbocycles. The molecule has 1 N–H and O–H groups in total. The molecular formula is C30H33FN2O5S. The van der Waals surface area contributed by atoms with E-state index in [-0.39, 0.29) is 16.4 Å². The number of Topliss-reactive ketones (excluding diaryl/α,β-unsaturated/α-hetero) is 1. The van der Waals surface area contributed by atoms with Crippen molar-refractivity contribution in [2.45, 2.75) is 37.5 Å². The quantitative estimate of drug-likeness (QED) is 0.380. The molecule has 0 aromatic heterocycles. The van der Waals surface area contributed by atoms with Crippen LogP contribution >= 0.6 is 0 Å². The third-order valence-corrected chi connectivity index (χ3v) is 8.30. The molecule has 9 heteroatoms. The highest BCUT2D eigenvalue weighted by atomic mass is 32.2. The van der Waals surface area contributed by atoms with Crippen LogP contribution in [0, 0.1) is 18.7 Å². The van der Waals surface area contributed by atoms with E-state index in [2.05, 4.69) is 15.9 Å². The van der Waals surface area contributed by atoms with Gasteiger partial charge in [0.2, 0.25) is 0 Å². The van der Waals surface area contributed by atoms with E-state index >= 15 is 0 Å². The van der Waals surface area contributed by atoms with Crippen molar-refractivity contribution < 1.29 is 27.1 Å². The van der Waals surface area contributed by atoms with Gasteiger partial charge in [-0.2, -0.15) is 0 Å².